The molecule has 0 spiro atoms. The van der Waals surface area contributed by atoms with E-state index in [4.69, 9.17) is 4.74 Å². The SMILES string of the molecule is CCC1CCC(C)N1c1nc(C)c(C(=O)OC)s1. The molecule has 2 atom stereocenters. The number of methoxy groups -OCH3 is 1. The lowest BCUT2D eigenvalue weighted by atomic mass is 10.2. The standard InChI is InChI=1S/C13H20N2O2S/c1-5-10-7-6-8(2)15(10)13-14-9(3)11(18-13)12(16)17-4/h8,10H,5-7H2,1-4H3. The summed E-state index contributed by atoms with van der Waals surface area (Å²) >= 11 is 1.45. The minimum Gasteiger partial charge on any atom is -0.465 e. The number of anilines is 1. The first-order chi connectivity index (χ1) is 8.58. The van der Waals surface area contributed by atoms with Crippen LogP contribution in [-0.2, 0) is 4.74 Å². The molecule has 18 heavy (non-hydrogen) atoms. The molecule has 0 saturated carbocycles. The first kappa shape index (κ1) is 13.3. The molecule has 0 N–H and O–H groups in total. The quantitative estimate of drug-likeness (QED) is 0.790. The molecular weight excluding hydrogens is 248 g/mol. The second-order valence-corrected chi connectivity index (χ2v) is 5.78. The molecule has 1 fully saturated rings. The lowest BCUT2D eigenvalue weighted by Crippen LogP contribution is -2.33. The predicted molar refractivity (Wildman–Crippen MR) is 73.4 cm³/mol. The second-order valence-electron chi connectivity index (χ2n) is 4.80. The van der Waals surface area contributed by atoms with Crippen molar-refractivity contribution in [3.05, 3.63) is 10.6 Å². The fraction of sp³-hybridized carbons (Fsp3) is 0.692. The van der Waals surface area contributed by atoms with E-state index in [2.05, 4.69) is 23.7 Å². The lowest BCUT2D eigenvalue weighted by Gasteiger charge is -2.27. The lowest BCUT2D eigenvalue weighted by molar-refractivity contribution is 0.0605. The number of hydrogen-bond donors (Lipinski definition) is 0. The fourth-order valence-corrected chi connectivity index (χ4v) is 3.75. The van der Waals surface area contributed by atoms with Crippen LogP contribution in [0.2, 0.25) is 0 Å². The number of esters is 1. The second kappa shape index (κ2) is 5.26. The van der Waals surface area contributed by atoms with Gasteiger partial charge in [-0.05, 0) is 33.1 Å². The molecule has 1 aromatic rings. The van der Waals surface area contributed by atoms with Crippen LogP contribution in [0.5, 0.6) is 0 Å². The molecular formula is C13H20N2O2S. The molecule has 2 rings (SSSR count). The molecule has 0 aromatic carbocycles. The zero-order valence-electron chi connectivity index (χ0n) is 11.4. The summed E-state index contributed by atoms with van der Waals surface area (Å²) in [6.07, 6.45) is 3.53. The number of rotatable bonds is 3. The molecule has 0 radical (unpaired) electrons. The van der Waals surface area contributed by atoms with E-state index >= 15 is 0 Å². The summed E-state index contributed by atoms with van der Waals surface area (Å²) in [5.74, 6) is -0.281. The average molecular weight is 268 g/mol. The van der Waals surface area contributed by atoms with Gasteiger partial charge in [0.1, 0.15) is 4.88 Å². The van der Waals surface area contributed by atoms with Crippen molar-refractivity contribution in [2.24, 2.45) is 0 Å². The third kappa shape index (κ3) is 2.23. The molecule has 5 heteroatoms. The monoisotopic (exact) mass is 268 g/mol. The van der Waals surface area contributed by atoms with Gasteiger partial charge in [0.15, 0.2) is 5.13 Å². The number of nitrogens with zero attached hydrogens (tertiary/aromatic N) is 2. The Balaban J connectivity index is 2.31. The topological polar surface area (TPSA) is 42.4 Å². The van der Waals surface area contributed by atoms with Crippen LogP contribution in [-0.4, -0.2) is 30.1 Å². The summed E-state index contributed by atoms with van der Waals surface area (Å²) < 4.78 is 4.79. The van der Waals surface area contributed by atoms with Gasteiger partial charge in [-0.25, -0.2) is 9.78 Å². The molecule has 2 unspecified atom stereocenters. The van der Waals surface area contributed by atoms with Crippen molar-refractivity contribution in [1.82, 2.24) is 4.98 Å². The van der Waals surface area contributed by atoms with Gasteiger partial charge in [0.25, 0.3) is 0 Å². The fourth-order valence-electron chi connectivity index (χ4n) is 2.59. The third-order valence-electron chi connectivity index (χ3n) is 3.63. The minimum absolute atomic E-state index is 0.281. The number of thiazole rings is 1. The minimum atomic E-state index is -0.281. The molecule has 1 aliphatic rings. The summed E-state index contributed by atoms with van der Waals surface area (Å²) in [5.41, 5.74) is 0.774. The largest absolute Gasteiger partial charge is 0.465 e. The average Bonchev–Trinajstić information content (AvgIpc) is 2.91. The first-order valence-corrected chi connectivity index (χ1v) is 7.24. The van der Waals surface area contributed by atoms with Crippen molar-refractivity contribution in [3.63, 3.8) is 0 Å². The van der Waals surface area contributed by atoms with Crippen LogP contribution in [0.25, 0.3) is 0 Å². The maximum absolute atomic E-state index is 11.6. The smallest absolute Gasteiger partial charge is 0.350 e. The van der Waals surface area contributed by atoms with Gasteiger partial charge in [0.2, 0.25) is 0 Å². The van der Waals surface area contributed by atoms with Crippen LogP contribution in [0.15, 0.2) is 0 Å². The van der Waals surface area contributed by atoms with Gasteiger partial charge < -0.3 is 9.64 Å². The van der Waals surface area contributed by atoms with Crippen LogP contribution < -0.4 is 4.90 Å². The Bertz CT molecular complexity index is 444. The Morgan fingerprint density at radius 2 is 2.28 bits per heavy atom. The molecule has 4 nitrogen and oxygen atoms in total. The number of ether oxygens (including phenoxy) is 1. The Morgan fingerprint density at radius 1 is 1.56 bits per heavy atom. The van der Waals surface area contributed by atoms with Gasteiger partial charge in [-0.1, -0.05) is 18.3 Å². The summed E-state index contributed by atoms with van der Waals surface area (Å²) in [4.78, 5) is 19.2. The zero-order valence-corrected chi connectivity index (χ0v) is 12.2. The van der Waals surface area contributed by atoms with E-state index in [1.165, 1.54) is 31.3 Å². The van der Waals surface area contributed by atoms with E-state index < -0.39 is 0 Å². The predicted octanol–water partition coefficient (Wildman–Crippen LogP) is 3.01. The van der Waals surface area contributed by atoms with Crippen LogP contribution in [0.3, 0.4) is 0 Å². The summed E-state index contributed by atoms with van der Waals surface area (Å²) in [5, 5.41) is 0.963. The zero-order chi connectivity index (χ0) is 13.3. The number of aryl methyl sites for hydroxylation is 1. The Morgan fingerprint density at radius 3 is 2.89 bits per heavy atom. The van der Waals surface area contributed by atoms with Crippen molar-refractivity contribution < 1.29 is 9.53 Å². The highest BCUT2D eigenvalue weighted by Crippen LogP contribution is 2.36. The molecule has 0 amide bonds. The van der Waals surface area contributed by atoms with Crippen molar-refractivity contribution in [2.45, 2.75) is 52.1 Å². The van der Waals surface area contributed by atoms with Crippen LogP contribution >= 0.6 is 11.3 Å². The van der Waals surface area contributed by atoms with Gasteiger partial charge in [-0.15, -0.1) is 0 Å². The third-order valence-corrected chi connectivity index (χ3v) is 4.79. The number of hydrogen-bond acceptors (Lipinski definition) is 5. The number of carbonyl (C=O) groups excluding carboxylic acids is 1. The van der Waals surface area contributed by atoms with Crippen molar-refractivity contribution in [2.75, 3.05) is 12.0 Å². The van der Waals surface area contributed by atoms with Gasteiger partial charge in [-0.3, -0.25) is 0 Å². The molecule has 0 bridgehead atoms. The number of carbonyl (C=O) groups is 1. The molecule has 2 heterocycles. The van der Waals surface area contributed by atoms with E-state index in [1.807, 2.05) is 6.92 Å². The number of aromatic nitrogens is 1. The highest BCUT2D eigenvalue weighted by molar-refractivity contribution is 7.17. The van der Waals surface area contributed by atoms with Gasteiger partial charge in [0, 0.05) is 12.1 Å². The molecule has 100 valence electrons. The van der Waals surface area contributed by atoms with E-state index in [9.17, 15) is 4.79 Å². The van der Waals surface area contributed by atoms with E-state index in [-0.39, 0.29) is 5.97 Å². The van der Waals surface area contributed by atoms with Crippen molar-refractivity contribution in [1.29, 1.82) is 0 Å². The molecule has 1 aliphatic heterocycles. The van der Waals surface area contributed by atoms with Crippen LogP contribution in [0.4, 0.5) is 5.13 Å². The van der Waals surface area contributed by atoms with Gasteiger partial charge in [0.05, 0.1) is 12.8 Å². The highest BCUT2D eigenvalue weighted by Gasteiger charge is 2.32. The van der Waals surface area contributed by atoms with E-state index in [0.717, 1.165) is 17.2 Å². The summed E-state index contributed by atoms with van der Waals surface area (Å²) in [6, 6.07) is 1.06. The Kier molecular flexibility index (Phi) is 3.90. The molecule has 1 aromatic heterocycles. The van der Waals surface area contributed by atoms with E-state index in [0.29, 0.717) is 17.0 Å². The molecule has 0 aliphatic carbocycles. The first-order valence-electron chi connectivity index (χ1n) is 6.42. The maximum atomic E-state index is 11.6. The maximum Gasteiger partial charge on any atom is 0.350 e. The normalized spacial score (nSPS) is 23.4. The van der Waals surface area contributed by atoms with Crippen LogP contribution in [0, 0.1) is 6.92 Å². The van der Waals surface area contributed by atoms with E-state index in [1.54, 1.807) is 0 Å². The van der Waals surface area contributed by atoms with Gasteiger partial charge >= 0.3 is 5.97 Å². The molecule has 1 saturated heterocycles. The van der Waals surface area contributed by atoms with Gasteiger partial charge in [-0.2, -0.15) is 0 Å². The Labute approximate surface area is 112 Å². The Hall–Kier alpha value is -1.10. The highest BCUT2D eigenvalue weighted by atomic mass is 32.1. The summed E-state index contributed by atoms with van der Waals surface area (Å²) in [6.45, 7) is 6.30. The summed E-state index contributed by atoms with van der Waals surface area (Å²) in [7, 11) is 1.41. The van der Waals surface area contributed by atoms with Crippen molar-refractivity contribution >= 4 is 22.4 Å². The van der Waals surface area contributed by atoms with Crippen molar-refractivity contribution in [3.8, 4) is 0 Å². The van der Waals surface area contributed by atoms with Crippen LogP contribution in [0.1, 0.15) is 48.5 Å².